The number of imidazole rings is 2. The maximum absolute atomic E-state index is 12.5. The van der Waals surface area contributed by atoms with Crippen LogP contribution in [0, 0.1) is 13.8 Å². The van der Waals surface area contributed by atoms with E-state index in [-0.39, 0.29) is 5.56 Å². The number of fused-ring (bicyclic) bond motifs is 4. The Balaban J connectivity index is 0.000000175. The van der Waals surface area contributed by atoms with Crippen LogP contribution in [-0.4, -0.2) is 62.5 Å². The highest BCUT2D eigenvalue weighted by atomic mass is 35.5. The van der Waals surface area contributed by atoms with Crippen LogP contribution in [0.5, 0.6) is 0 Å². The van der Waals surface area contributed by atoms with Gasteiger partial charge in [0.25, 0.3) is 11.8 Å². The number of benzene rings is 4. The van der Waals surface area contributed by atoms with E-state index >= 15 is 0 Å². The first kappa shape index (κ1) is 45.7. The van der Waals surface area contributed by atoms with Gasteiger partial charge in [-0.15, -0.1) is 0 Å². The molecule has 0 atom stereocenters. The number of ether oxygens (including phenoxy) is 1. The molecule has 0 spiro atoms. The third kappa shape index (κ3) is 8.93. The summed E-state index contributed by atoms with van der Waals surface area (Å²) < 4.78 is 9.26. The van der Waals surface area contributed by atoms with E-state index in [1.54, 1.807) is 88.0 Å². The van der Waals surface area contributed by atoms with Gasteiger partial charge in [0, 0.05) is 35.6 Å². The van der Waals surface area contributed by atoms with Crippen molar-refractivity contribution >= 4 is 96.6 Å². The third-order valence-electron chi connectivity index (χ3n) is 11.1. The Morgan fingerprint density at radius 3 is 1.51 bits per heavy atom. The van der Waals surface area contributed by atoms with Crippen molar-refractivity contribution in [1.29, 1.82) is 0 Å². The Labute approximate surface area is 404 Å². The second-order valence-electron chi connectivity index (χ2n) is 17.0. The number of aryl methyl sites for hydroxylation is 2. The number of nitrogens with one attached hydrogen (secondary N) is 1. The van der Waals surface area contributed by atoms with Crippen LogP contribution in [0.2, 0.25) is 10.0 Å². The van der Waals surface area contributed by atoms with Crippen LogP contribution in [-0.2, 0) is 4.74 Å². The molecule has 0 unspecified atom stereocenters. The third-order valence-corrected chi connectivity index (χ3v) is 11.7. The highest BCUT2D eigenvalue weighted by Gasteiger charge is 2.22. The molecule has 6 heterocycles. The van der Waals surface area contributed by atoms with Gasteiger partial charge in [-0.1, -0.05) is 47.5 Å². The first-order valence-corrected chi connectivity index (χ1v) is 22.1. The van der Waals surface area contributed by atoms with Gasteiger partial charge >= 0.3 is 6.09 Å². The van der Waals surface area contributed by atoms with Gasteiger partial charge in [-0.2, -0.15) is 0 Å². The van der Waals surface area contributed by atoms with Crippen LogP contribution in [0.3, 0.4) is 0 Å². The number of nitrogens with zero attached hydrogens (tertiary/aromatic N) is 8. The topological polar surface area (TPSA) is 238 Å². The van der Waals surface area contributed by atoms with Gasteiger partial charge in [-0.25, -0.2) is 24.7 Å². The maximum atomic E-state index is 12.5. The number of hydrogen-bond acceptors (Lipinski definition) is 11. The lowest BCUT2D eigenvalue weighted by Crippen LogP contribution is -2.27. The van der Waals surface area contributed by atoms with Gasteiger partial charge in [-0.05, 0) is 130 Å². The van der Waals surface area contributed by atoms with Crippen LogP contribution in [0.15, 0.2) is 122 Å². The summed E-state index contributed by atoms with van der Waals surface area (Å²) in [5.74, 6) is 0.895. The minimum Gasteiger partial charge on any atom is -0.444 e. The van der Waals surface area contributed by atoms with Crippen molar-refractivity contribution < 1.29 is 19.1 Å². The van der Waals surface area contributed by atoms with Gasteiger partial charge < -0.3 is 21.9 Å². The number of halogens is 2. The predicted octanol–water partition coefficient (Wildman–Crippen LogP) is 10.3. The number of pyridine rings is 4. The van der Waals surface area contributed by atoms with E-state index in [1.165, 1.54) is 0 Å². The molecule has 0 radical (unpaired) electrons. The molecule has 18 heteroatoms. The van der Waals surface area contributed by atoms with Gasteiger partial charge in [-0.3, -0.25) is 34.0 Å². The molecule has 0 fully saturated rings. The van der Waals surface area contributed by atoms with Crippen molar-refractivity contribution in [2.45, 2.75) is 40.2 Å². The first-order valence-electron chi connectivity index (χ1n) is 21.4. The van der Waals surface area contributed by atoms with Gasteiger partial charge in [0.1, 0.15) is 39.9 Å². The summed E-state index contributed by atoms with van der Waals surface area (Å²) in [6.45, 7) is 9.08. The smallest absolute Gasteiger partial charge is 0.413 e. The molecule has 3 amide bonds. The minimum atomic E-state index is -0.652. The molecular formula is C51H42Cl2N12O4. The summed E-state index contributed by atoms with van der Waals surface area (Å²) in [4.78, 5) is 63.6. The van der Waals surface area contributed by atoms with Crippen LogP contribution >= 0.6 is 23.2 Å². The zero-order valence-electron chi connectivity index (χ0n) is 37.7. The van der Waals surface area contributed by atoms with Crippen molar-refractivity contribution in [1.82, 2.24) is 39.0 Å². The first-order chi connectivity index (χ1) is 32.9. The fourth-order valence-electron chi connectivity index (χ4n) is 8.26. The number of rotatable bonds is 7. The number of carbonyl (C=O) groups is 3. The van der Waals surface area contributed by atoms with Gasteiger partial charge in [0.15, 0.2) is 0 Å². The molecule has 0 aliphatic heterocycles. The quantitative estimate of drug-likeness (QED) is 0.117. The molecule has 16 nitrogen and oxygen atoms in total. The number of hydrogen-bond donors (Lipinski definition) is 4. The van der Waals surface area contributed by atoms with Crippen molar-refractivity contribution in [2.24, 2.45) is 11.5 Å². The van der Waals surface area contributed by atoms with Gasteiger partial charge in [0.05, 0.1) is 54.6 Å². The second kappa shape index (κ2) is 18.0. The molecule has 10 aromatic rings. The average Bonchev–Trinajstić information content (AvgIpc) is 3.82. The molecule has 0 aliphatic rings. The lowest BCUT2D eigenvalue weighted by molar-refractivity contribution is 0.0634. The van der Waals surface area contributed by atoms with Crippen LogP contribution in [0.4, 0.5) is 16.4 Å². The summed E-state index contributed by atoms with van der Waals surface area (Å²) in [7, 11) is 0. The predicted molar refractivity (Wildman–Crippen MR) is 270 cm³/mol. The summed E-state index contributed by atoms with van der Waals surface area (Å²) in [5.41, 5.74) is 25.8. The number of para-hydroxylation sites is 2. The normalized spacial score (nSPS) is 11.5. The van der Waals surface area contributed by atoms with E-state index < -0.39 is 23.5 Å². The number of primary amides is 2. The zero-order valence-corrected chi connectivity index (χ0v) is 39.3. The lowest BCUT2D eigenvalue weighted by Gasteiger charge is -2.19. The SMILES string of the molecule is Cc1nc2c(C(N)=O)cc(-c3ccnc(N)c3)cc2n1-c1ccnc2c(Cl)cccc12.Cc1nc2c(C(N)=O)cc(-c3ccnc(NC(=O)OC(C)(C)C)c3)cc2n1-c1ccnc2c(Cl)cccc12. The van der Waals surface area contributed by atoms with E-state index in [2.05, 4.69) is 35.2 Å². The van der Waals surface area contributed by atoms with Crippen molar-refractivity contribution in [3.05, 3.63) is 155 Å². The van der Waals surface area contributed by atoms with Crippen LogP contribution < -0.4 is 22.5 Å². The Hall–Kier alpha value is -8.47. The Morgan fingerprint density at radius 2 is 1.04 bits per heavy atom. The number of nitrogen functional groups attached to an aromatic ring is 1. The van der Waals surface area contributed by atoms with E-state index in [0.29, 0.717) is 77.6 Å². The van der Waals surface area contributed by atoms with Crippen LogP contribution in [0.1, 0.15) is 53.1 Å². The number of carbonyl (C=O) groups excluding carboxylic acids is 3. The monoisotopic (exact) mass is 956 g/mol. The standard InChI is InChI=1S/C28H25ClN6O3.C23H17ClN6O/c1-15-33-25-19(26(30)36)12-17(16-8-10-31-23(14-16)34-27(37)38-28(2,3)4)13-22(25)35(15)21-9-11-32-24-18(21)6-5-7-20(24)29;1-12-29-22-16(23(26)31)9-14(13-5-7-27-20(25)11-13)10-19(22)30(12)18-6-8-28-21-15(18)3-2-4-17(21)24/h5-14H,1-4H3,(H2,30,36)(H,31,34,37);2-11H,1H3,(H2,25,27)(H2,26,31). The number of amides is 3. The summed E-state index contributed by atoms with van der Waals surface area (Å²) in [6.07, 6.45) is 5.96. The largest absolute Gasteiger partial charge is 0.444 e. The Bertz CT molecular complexity index is 3730. The maximum Gasteiger partial charge on any atom is 0.413 e. The highest BCUT2D eigenvalue weighted by Crippen LogP contribution is 2.36. The number of anilines is 2. The minimum absolute atomic E-state index is 0.272. The number of nitrogens with two attached hydrogens (primary N) is 3. The van der Waals surface area contributed by atoms with E-state index in [9.17, 15) is 14.4 Å². The summed E-state index contributed by atoms with van der Waals surface area (Å²) in [5, 5.41) is 5.45. The van der Waals surface area contributed by atoms with E-state index in [4.69, 9.17) is 45.1 Å². The summed E-state index contributed by atoms with van der Waals surface area (Å²) in [6, 6.07) is 29.4. The molecule has 10 rings (SSSR count). The zero-order chi connectivity index (χ0) is 48.9. The van der Waals surface area contributed by atoms with Crippen molar-refractivity contribution in [3.63, 3.8) is 0 Å². The summed E-state index contributed by atoms with van der Waals surface area (Å²) >= 11 is 12.8. The lowest BCUT2D eigenvalue weighted by atomic mass is 10.0. The fraction of sp³-hybridized carbons (Fsp3) is 0.118. The van der Waals surface area contributed by atoms with E-state index in [0.717, 1.165) is 38.8 Å². The number of aromatic nitrogens is 8. The Morgan fingerprint density at radius 1 is 0.580 bits per heavy atom. The molecule has 0 saturated heterocycles. The van der Waals surface area contributed by atoms with Crippen molar-refractivity contribution in [2.75, 3.05) is 11.1 Å². The Kier molecular flexibility index (Phi) is 11.9. The second-order valence-corrected chi connectivity index (χ2v) is 17.8. The molecule has 0 saturated carbocycles. The molecular weight excluding hydrogens is 916 g/mol. The fourth-order valence-corrected chi connectivity index (χ4v) is 8.71. The molecule has 344 valence electrons. The molecule has 0 aliphatic carbocycles. The molecule has 7 N–H and O–H groups in total. The molecule has 6 aromatic heterocycles. The molecule has 4 aromatic carbocycles. The van der Waals surface area contributed by atoms with Crippen LogP contribution in [0.25, 0.3) is 77.5 Å². The van der Waals surface area contributed by atoms with E-state index in [1.807, 2.05) is 77.6 Å². The average molecular weight is 958 g/mol. The van der Waals surface area contributed by atoms with Crippen molar-refractivity contribution in [3.8, 4) is 33.6 Å². The molecule has 0 bridgehead atoms. The van der Waals surface area contributed by atoms with Gasteiger partial charge in [0.2, 0.25) is 0 Å². The molecule has 69 heavy (non-hydrogen) atoms. The highest BCUT2D eigenvalue weighted by molar-refractivity contribution is 6.35.